The van der Waals surface area contributed by atoms with Crippen molar-refractivity contribution in [2.45, 2.75) is 4.90 Å². The highest BCUT2D eigenvalue weighted by atomic mass is 32.2. The van der Waals surface area contributed by atoms with Crippen molar-refractivity contribution in [2.75, 3.05) is 30.8 Å². The first-order valence-corrected chi connectivity index (χ1v) is 10.2. The van der Waals surface area contributed by atoms with Crippen LogP contribution in [0.4, 0.5) is 5.69 Å². The van der Waals surface area contributed by atoms with Gasteiger partial charge in [-0.25, -0.2) is 8.42 Å². The molecule has 132 valence electrons. The summed E-state index contributed by atoms with van der Waals surface area (Å²) in [6.07, 6.45) is 1.57. The molecule has 1 heterocycles. The van der Waals surface area contributed by atoms with Crippen molar-refractivity contribution >= 4 is 33.5 Å². The van der Waals surface area contributed by atoms with Crippen LogP contribution in [0.25, 0.3) is 6.08 Å². The zero-order chi connectivity index (χ0) is 17.9. The molecule has 0 unspecified atom stereocenters. The van der Waals surface area contributed by atoms with Gasteiger partial charge in [0.15, 0.2) is 11.5 Å². The number of sulfonamides is 1. The molecule has 1 aliphatic heterocycles. The van der Waals surface area contributed by atoms with Gasteiger partial charge in [-0.05, 0) is 35.9 Å². The molecule has 0 fully saturated rings. The number of benzene rings is 2. The van der Waals surface area contributed by atoms with Gasteiger partial charge in [-0.1, -0.05) is 18.2 Å². The van der Waals surface area contributed by atoms with Crippen LogP contribution in [-0.4, -0.2) is 34.9 Å². The largest absolute Gasteiger partial charge is 0.493 e. The van der Waals surface area contributed by atoms with Crippen LogP contribution in [0.5, 0.6) is 11.5 Å². The zero-order valence-corrected chi connectivity index (χ0v) is 15.6. The first-order valence-electron chi connectivity index (χ1n) is 7.70. The summed E-state index contributed by atoms with van der Waals surface area (Å²) in [5.41, 5.74) is 1.46. The summed E-state index contributed by atoms with van der Waals surface area (Å²) < 4.78 is 37.4. The topological polar surface area (TPSA) is 55.8 Å². The molecule has 25 heavy (non-hydrogen) atoms. The Bertz CT molecular complexity index is 894. The Hall–Kier alpha value is -2.12. The summed E-state index contributed by atoms with van der Waals surface area (Å²) in [6, 6.07) is 12.8. The molecule has 0 aliphatic carbocycles. The van der Waals surface area contributed by atoms with E-state index in [4.69, 9.17) is 9.47 Å². The Balaban J connectivity index is 1.89. The number of anilines is 1. The molecular weight excluding hydrogens is 358 g/mol. The third-order valence-electron chi connectivity index (χ3n) is 3.83. The maximum absolute atomic E-state index is 12.8. The predicted molar refractivity (Wildman–Crippen MR) is 102 cm³/mol. The van der Waals surface area contributed by atoms with E-state index in [1.807, 2.05) is 24.3 Å². The molecule has 0 spiro atoms. The molecule has 5 nitrogen and oxygen atoms in total. The summed E-state index contributed by atoms with van der Waals surface area (Å²) in [7, 11) is -0.458. The Morgan fingerprint density at radius 3 is 2.60 bits per heavy atom. The normalized spacial score (nSPS) is 14.4. The molecule has 0 radical (unpaired) electrons. The van der Waals surface area contributed by atoms with Gasteiger partial charge in [0.2, 0.25) is 0 Å². The fourth-order valence-electron chi connectivity index (χ4n) is 2.60. The molecule has 0 aromatic heterocycles. The van der Waals surface area contributed by atoms with Gasteiger partial charge < -0.3 is 9.47 Å². The Labute approximate surface area is 152 Å². The van der Waals surface area contributed by atoms with E-state index in [-0.39, 0.29) is 0 Å². The SMILES string of the molecule is COc1ccc(C=CS(=O)(=O)N2CCSc3ccccc32)cc1OC. The van der Waals surface area contributed by atoms with Gasteiger partial charge in [-0.3, -0.25) is 4.31 Å². The van der Waals surface area contributed by atoms with Gasteiger partial charge >= 0.3 is 0 Å². The van der Waals surface area contributed by atoms with Crippen molar-refractivity contribution < 1.29 is 17.9 Å². The van der Waals surface area contributed by atoms with Crippen LogP contribution < -0.4 is 13.8 Å². The van der Waals surface area contributed by atoms with E-state index in [9.17, 15) is 8.42 Å². The number of nitrogens with zero attached hydrogens (tertiary/aromatic N) is 1. The molecule has 0 saturated heterocycles. The third kappa shape index (κ3) is 3.77. The van der Waals surface area contributed by atoms with Crippen molar-refractivity contribution in [2.24, 2.45) is 0 Å². The standard InChI is InChI=1S/C18H19NO4S2/c1-22-16-8-7-14(13-17(16)23-2)9-12-25(20,21)19-10-11-24-18-6-4-3-5-15(18)19/h3-9,12-13H,10-11H2,1-2H3. The minimum atomic E-state index is -3.56. The Kier molecular flexibility index (Phi) is 5.24. The van der Waals surface area contributed by atoms with E-state index in [0.717, 1.165) is 21.9 Å². The van der Waals surface area contributed by atoms with Gasteiger partial charge in [0.25, 0.3) is 10.0 Å². The minimum absolute atomic E-state index is 0.459. The molecule has 3 rings (SSSR count). The van der Waals surface area contributed by atoms with Gasteiger partial charge in [-0.15, -0.1) is 11.8 Å². The highest BCUT2D eigenvalue weighted by molar-refractivity contribution is 8.00. The zero-order valence-electron chi connectivity index (χ0n) is 14.0. The molecule has 0 bridgehead atoms. The second-order valence-corrected chi connectivity index (χ2v) is 8.23. The van der Waals surface area contributed by atoms with Gasteiger partial charge in [0.1, 0.15) is 0 Å². The second kappa shape index (κ2) is 7.41. The van der Waals surface area contributed by atoms with Crippen molar-refractivity contribution in [1.82, 2.24) is 0 Å². The van der Waals surface area contributed by atoms with Crippen LogP contribution in [0, 0.1) is 0 Å². The second-order valence-electron chi connectivity index (χ2n) is 5.35. The summed E-state index contributed by atoms with van der Waals surface area (Å²) in [5, 5.41) is 1.24. The number of para-hydroxylation sites is 1. The number of rotatable bonds is 5. The Morgan fingerprint density at radius 2 is 1.84 bits per heavy atom. The molecule has 0 saturated carbocycles. The van der Waals surface area contributed by atoms with Gasteiger partial charge in [0.05, 0.1) is 25.3 Å². The first kappa shape index (κ1) is 17.7. The first-order chi connectivity index (χ1) is 12.0. The lowest BCUT2D eigenvalue weighted by atomic mass is 10.2. The number of thioether (sulfide) groups is 1. The summed E-state index contributed by atoms with van der Waals surface area (Å²) in [4.78, 5) is 0.983. The van der Waals surface area contributed by atoms with Crippen LogP contribution in [0.2, 0.25) is 0 Å². The van der Waals surface area contributed by atoms with Crippen molar-refractivity contribution in [1.29, 1.82) is 0 Å². The van der Waals surface area contributed by atoms with E-state index < -0.39 is 10.0 Å². The minimum Gasteiger partial charge on any atom is -0.493 e. The molecule has 1 aliphatic rings. The van der Waals surface area contributed by atoms with Crippen molar-refractivity contribution in [3.63, 3.8) is 0 Å². The molecule has 0 amide bonds. The quantitative estimate of drug-likeness (QED) is 0.797. The lowest BCUT2D eigenvalue weighted by Crippen LogP contribution is -2.33. The van der Waals surface area contributed by atoms with Crippen LogP contribution in [0.3, 0.4) is 0 Å². The smallest absolute Gasteiger partial charge is 0.257 e. The van der Waals surface area contributed by atoms with Crippen molar-refractivity contribution in [3.8, 4) is 11.5 Å². The number of ether oxygens (including phenoxy) is 2. The van der Waals surface area contributed by atoms with E-state index in [1.54, 1.807) is 50.3 Å². The molecular formula is C18H19NO4S2. The third-order valence-corrected chi connectivity index (χ3v) is 6.35. The maximum atomic E-state index is 12.8. The number of fused-ring (bicyclic) bond motifs is 1. The fraction of sp³-hybridized carbons (Fsp3) is 0.222. The summed E-state index contributed by atoms with van der Waals surface area (Å²) in [6.45, 7) is 0.459. The number of hydrogen-bond acceptors (Lipinski definition) is 5. The number of hydrogen-bond donors (Lipinski definition) is 0. The molecule has 7 heteroatoms. The Morgan fingerprint density at radius 1 is 1.08 bits per heavy atom. The molecule has 0 N–H and O–H groups in total. The lowest BCUT2D eigenvalue weighted by Gasteiger charge is -2.28. The van der Waals surface area contributed by atoms with Crippen LogP contribution >= 0.6 is 11.8 Å². The lowest BCUT2D eigenvalue weighted by molar-refractivity contribution is 0.355. The maximum Gasteiger partial charge on any atom is 0.257 e. The average molecular weight is 377 g/mol. The number of methoxy groups -OCH3 is 2. The van der Waals surface area contributed by atoms with Gasteiger partial charge in [-0.2, -0.15) is 0 Å². The van der Waals surface area contributed by atoms with Crippen molar-refractivity contribution in [3.05, 3.63) is 53.4 Å². The van der Waals surface area contributed by atoms with Gasteiger partial charge in [0, 0.05) is 17.2 Å². The van der Waals surface area contributed by atoms with Crippen LogP contribution in [0.15, 0.2) is 52.8 Å². The monoisotopic (exact) mass is 377 g/mol. The predicted octanol–water partition coefficient (Wildman–Crippen LogP) is 3.62. The van der Waals surface area contributed by atoms with E-state index in [2.05, 4.69) is 0 Å². The molecule has 2 aromatic carbocycles. The average Bonchev–Trinajstić information content (AvgIpc) is 2.65. The highest BCUT2D eigenvalue weighted by Crippen LogP contribution is 2.36. The van der Waals surface area contributed by atoms with Crippen LogP contribution in [-0.2, 0) is 10.0 Å². The van der Waals surface area contributed by atoms with E-state index in [1.165, 1.54) is 9.71 Å². The molecule has 0 atom stereocenters. The summed E-state index contributed by atoms with van der Waals surface area (Å²) >= 11 is 1.67. The highest BCUT2D eigenvalue weighted by Gasteiger charge is 2.25. The van der Waals surface area contributed by atoms with E-state index in [0.29, 0.717) is 18.0 Å². The summed E-state index contributed by atoms with van der Waals surface area (Å²) in [5.74, 6) is 1.90. The van der Waals surface area contributed by atoms with E-state index >= 15 is 0 Å². The van der Waals surface area contributed by atoms with Crippen LogP contribution in [0.1, 0.15) is 5.56 Å². The fourth-order valence-corrected chi connectivity index (χ4v) is 5.03. The molecule has 2 aromatic rings.